The summed E-state index contributed by atoms with van der Waals surface area (Å²) in [6.45, 7) is 8.41. The fraction of sp³-hybridized carbons (Fsp3) is 0.588. The van der Waals surface area contributed by atoms with Gasteiger partial charge in [-0.1, -0.05) is 32.9 Å². The molecule has 1 saturated heterocycles. The van der Waals surface area contributed by atoms with Crippen LogP contribution in [0, 0.1) is 11.3 Å². The Morgan fingerprint density at radius 3 is 2.55 bits per heavy atom. The number of carbonyl (C=O) groups is 1. The normalized spacial score (nSPS) is 20.6. The van der Waals surface area contributed by atoms with Crippen molar-refractivity contribution in [1.29, 1.82) is 0 Å². The van der Waals surface area contributed by atoms with E-state index < -0.39 is 0 Å². The summed E-state index contributed by atoms with van der Waals surface area (Å²) < 4.78 is 0. The standard InChI is InChI=1S/C17H25NO2/c1-17(2,3)13-7-6-11-18(12-10-13)16(20)14-8-4-5-9-15(14)19/h4-5,8-9,13,19H,6-7,10-12H2,1-3H3. The summed E-state index contributed by atoms with van der Waals surface area (Å²) in [5.74, 6) is 0.691. The first kappa shape index (κ1) is 14.9. The van der Waals surface area contributed by atoms with Gasteiger partial charge in [-0.15, -0.1) is 0 Å². The highest BCUT2D eigenvalue weighted by molar-refractivity contribution is 5.96. The van der Waals surface area contributed by atoms with Gasteiger partial charge in [0.25, 0.3) is 5.91 Å². The lowest BCUT2D eigenvalue weighted by Gasteiger charge is -2.29. The summed E-state index contributed by atoms with van der Waals surface area (Å²) in [7, 11) is 0. The Morgan fingerprint density at radius 1 is 1.20 bits per heavy atom. The zero-order chi connectivity index (χ0) is 14.8. The number of carbonyl (C=O) groups excluding carboxylic acids is 1. The number of phenols is 1. The smallest absolute Gasteiger partial charge is 0.257 e. The number of hydrogen-bond donors (Lipinski definition) is 1. The van der Waals surface area contributed by atoms with Gasteiger partial charge in [0.05, 0.1) is 5.56 Å². The first-order valence-corrected chi connectivity index (χ1v) is 7.47. The van der Waals surface area contributed by atoms with E-state index in [2.05, 4.69) is 20.8 Å². The van der Waals surface area contributed by atoms with Crippen LogP contribution in [-0.2, 0) is 0 Å². The van der Waals surface area contributed by atoms with Gasteiger partial charge < -0.3 is 10.0 Å². The van der Waals surface area contributed by atoms with Crippen LogP contribution in [-0.4, -0.2) is 29.0 Å². The van der Waals surface area contributed by atoms with Crippen molar-refractivity contribution < 1.29 is 9.90 Å². The van der Waals surface area contributed by atoms with Crippen molar-refractivity contribution >= 4 is 5.91 Å². The second kappa shape index (κ2) is 5.86. The van der Waals surface area contributed by atoms with Crippen LogP contribution < -0.4 is 0 Å². The predicted octanol–water partition coefficient (Wildman–Crippen LogP) is 3.68. The number of rotatable bonds is 1. The SMILES string of the molecule is CC(C)(C)C1CCCN(C(=O)c2ccccc2O)CC1. The fourth-order valence-electron chi connectivity index (χ4n) is 2.99. The number of amides is 1. The molecule has 0 saturated carbocycles. The largest absolute Gasteiger partial charge is 0.507 e. The number of aromatic hydroxyl groups is 1. The molecule has 1 unspecified atom stereocenters. The second-order valence-corrected chi connectivity index (χ2v) is 6.80. The Hall–Kier alpha value is -1.51. The maximum absolute atomic E-state index is 12.5. The van der Waals surface area contributed by atoms with Crippen molar-refractivity contribution in [2.75, 3.05) is 13.1 Å². The van der Waals surface area contributed by atoms with E-state index in [1.54, 1.807) is 24.3 Å². The Bertz CT molecular complexity index is 476. The molecule has 110 valence electrons. The molecule has 3 heteroatoms. The zero-order valence-corrected chi connectivity index (χ0v) is 12.7. The van der Waals surface area contributed by atoms with Crippen LogP contribution in [0.25, 0.3) is 0 Å². The number of nitrogens with zero attached hydrogens (tertiary/aromatic N) is 1. The third-order valence-corrected chi connectivity index (χ3v) is 4.37. The number of likely N-dealkylation sites (tertiary alicyclic amines) is 1. The Labute approximate surface area is 121 Å². The van der Waals surface area contributed by atoms with E-state index in [0.717, 1.165) is 25.9 Å². The van der Waals surface area contributed by atoms with Gasteiger partial charge in [0.1, 0.15) is 5.75 Å². The molecule has 2 rings (SSSR count). The van der Waals surface area contributed by atoms with Crippen molar-refractivity contribution in [3.63, 3.8) is 0 Å². The molecule has 0 bridgehead atoms. The molecule has 0 spiro atoms. The van der Waals surface area contributed by atoms with Crippen molar-refractivity contribution in [3.8, 4) is 5.75 Å². The van der Waals surface area contributed by atoms with Crippen LogP contribution in [0.2, 0.25) is 0 Å². The Morgan fingerprint density at radius 2 is 1.90 bits per heavy atom. The average molecular weight is 275 g/mol. The monoisotopic (exact) mass is 275 g/mol. The first-order chi connectivity index (χ1) is 9.39. The van der Waals surface area contributed by atoms with Crippen molar-refractivity contribution in [3.05, 3.63) is 29.8 Å². The highest BCUT2D eigenvalue weighted by atomic mass is 16.3. The summed E-state index contributed by atoms with van der Waals surface area (Å²) in [5, 5.41) is 9.82. The molecule has 1 aliphatic heterocycles. The van der Waals surface area contributed by atoms with E-state index in [1.165, 1.54) is 6.42 Å². The Balaban J connectivity index is 2.08. The van der Waals surface area contributed by atoms with Gasteiger partial charge in [-0.25, -0.2) is 0 Å². The van der Waals surface area contributed by atoms with E-state index in [4.69, 9.17) is 0 Å². The van der Waals surface area contributed by atoms with Crippen LogP contribution in [0.1, 0.15) is 50.4 Å². The van der Waals surface area contributed by atoms with Crippen molar-refractivity contribution in [1.82, 2.24) is 4.90 Å². The molecular formula is C17H25NO2. The van der Waals surface area contributed by atoms with E-state index in [-0.39, 0.29) is 11.7 Å². The molecule has 1 fully saturated rings. The molecule has 1 N–H and O–H groups in total. The molecular weight excluding hydrogens is 250 g/mol. The third-order valence-electron chi connectivity index (χ3n) is 4.37. The van der Waals surface area contributed by atoms with Crippen molar-refractivity contribution in [2.45, 2.75) is 40.0 Å². The Kier molecular flexibility index (Phi) is 4.36. The first-order valence-electron chi connectivity index (χ1n) is 7.47. The van der Waals surface area contributed by atoms with E-state index in [9.17, 15) is 9.90 Å². The summed E-state index contributed by atoms with van der Waals surface area (Å²) in [6.07, 6.45) is 3.26. The third kappa shape index (κ3) is 3.33. The molecule has 3 nitrogen and oxygen atoms in total. The molecule has 0 aromatic heterocycles. The summed E-state index contributed by atoms with van der Waals surface area (Å²) in [6, 6.07) is 6.81. The molecule has 1 aromatic rings. The van der Waals surface area contributed by atoms with Gasteiger partial charge in [0, 0.05) is 13.1 Å². The van der Waals surface area contributed by atoms with Gasteiger partial charge in [-0.2, -0.15) is 0 Å². The number of hydrogen-bond acceptors (Lipinski definition) is 2. The number of benzene rings is 1. The molecule has 1 atom stereocenters. The van der Waals surface area contributed by atoms with Gasteiger partial charge in [0.2, 0.25) is 0 Å². The van der Waals surface area contributed by atoms with Crippen LogP contribution in [0.15, 0.2) is 24.3 Å². The quantitative estimate of drug-likeness (QED) is 0.849. The highest BCUT2D eigenvalue weighted by Crippen LogP contribution is 2.34. The lowest BCUT2D eigenvalue weighted by molar-refractivity contribution is 0.0752. The summed E-state index contributed by atoms with van der Waals surface area (Å²) in [4.78, 5) is 14.4. The molecule has 20 heavy (non-hydrogen) atoms. The molecule has 1 aliphatic rings. The van der Waals surface area contributed by atoms with Gasteiger partial charge in [-0.3, -0.25) is 4.79 Å². The number of phenolic OH excluding ortho intramolecular Hbond substituents is 1. The lowest BCUT2D eigenvalue weighted by atomic mass is 9.77. The minimum Gasteiger partial charge on any atom is -0.507 e. The average Bonchev–Trinajstić information content (AvgIpc) is 2.63. The van der Waals surface area contributed by atoms with Crippen molar-refractivity contribution in [2.24, 2.45) is 11.3 Å². The summed E-state index contributed by atoms with van der Waals surface area (Å²) >= 11 is 0. The molecule has 1 amide bonds. The minimum atomic E-state index is -0.0438. The molecule has 0 aliphatic carbocycles. The molecule has 1 heterocycles. The van der Waals surface area contributed by atoms with Gasteiger partial charge in [0.15, 0.2) is 0 Å². The highest BCUT2D eigenvalue weighted by Gasteiger charge is 2.29. The molecule has 0 radical (unpaired) electrons. The zero-order valence-electron chi connectivity index (χ0n) is 12.7. The van der Waals surface area contributed by atoms with Crippen LogP contribution in [0.5, 0.6) is 5.75 Å². The second-order valence-electron chi connectivity index (χ2n) is 6.80. The predicted molar refractivity (Wildman–Crippen MR) is 80.8 cm³/mol. The topological polar surface area (TPSA) is 40.5 Å². The summed E-state index contributed by atoms with van der Waals surface area (Å²) in [5.41, 5.74) is 0.718. The van der Waals surface area contributed by atoms with E-state index in [0.29, 0.717) is 16.9 Å². The maximum Gasteiger partial charge on any atom is 0.257 e. The minimum absolute atomic E-state index is 0.0438. The fourth-order valence-corrected chi connectivity index (χ4v) is 2.99. The van der Waals surface area contributed by atoms with Crippen LogP contribution in [0.3, 0.4) is 0 Å². The van der Waals surface area contributed by atoms with Gasteiger partial charge in [-0.05, 0) is 42.7 Å². The van der Waals surface area contributed by atoms with E-state index >= 15 is 0 Å². The van der Waals surface area contributed by atoms with E-state index in [1.807, 2.05) is 4.90 Å². The number of para-hydroxylation sites is 1. The van der Waals surface area contributed by atoms with Crippen LogP contribution in [0.4, 0.5) is 0 Å². The molecule has 1 aromatic carbocycles. The lowest BCUT2D eigenvalue weighted by Crippen LogP contribution is -2.32. The maximum atomic E-state index is 12.5. The van der Waals surface area contributed by atoms with Crippen LogP contribution >= 0.6 is 0 Å². The van der Waals surface area contributed by atoms with Gasteiger partial charge >= 0.3 is 0 Å².